The van der Waals surface area contributed by atoms with Gasteiger partial charge in [-0.05, 0) is 55.7 Å². The number of halogens is 4. The maximum absolute atomic E-state index is 13.4. The molecule has 180 valence electrons. The summed E-state index contributed by atoms with van der Waals surface area (Å²) in [6.07, 6.45) is 1.28. The van der Waals surface area contributed by atoms with E-state index < -0.39 is 24.7 Å². The van der Waals surface area contributed by atoms with Crippen LogP contribution in [0, 0.1) is 6.92 Å². The van der Waals surface area contributed by atoms with Gasteiger partial charge in [-0.25, -0.2) is 9.67 Å². The molecular weight excluding hydrogens is 481 g/mol. The first-order valence-corrected chi connectivity index (χ1v) is 11.3. The van der Waals surface area contributed by atoms with Crippen molar-refractivity contribution in [1.82, 2.24) is 24.5 Å². The molecule has 0 N–H and O–H groups in total. The Hall–Kier alpha value is -3.66. The number of anilines is 1. The number of aryl methyl sites for hydroxylation is 2. The van der Waals surface area contributed by atoms with E-state index in [2.05, 4.69) is 15.3 Å². The van der Waals surface area contributed by atoms with Crippen LogP contribution in [0.3, 0.4) is 0 Å². The zero-order valence-electron chi connectivity index (χ0n) is 18.6. The Labute approximate surface area is 203 Å². The van der Waals surface area contributed by atoms with Crippen molar-refractivity contribution < 1.29 is 18.0 Å². The number of fused-ring (bicyclic) bond motifs is 1. The molecule has 0 fully saturated rings. The first-order valence-electron chi connectivity index (χ1n) is 10.9. The fourth-order valence-corrected chi connectivity index (χ4v) is 4.44. The Balaban J connectivity index is 1.43. The van der Waals surface area contributed by atoms with Crippen molar-refractivity contribution in [2.45, 2.75) is 32.0 Å². The molecule has 2 aromatic heterocycles. The van der Waals surface area contributed by atoms with Crippen LogP contribution in [0.1, 0.15) is 23.7 Å². The van der Waals surface area contributed by atoms with Crippen LogP contribution in [-0.4, -0.2) is 43.2 Å². The zero-order valence-corrected chi connectivity index (χ0v) is 19.3. The summed E-state index contributed by atoms with van der Waals surface area (Å²) in [5, 5.41) is 8.68. The van der Waals surface area contributed by atoms with Crippen molar-refractivity contribution in [3.05, 3.63) is 77.5 Å². The molecule has 1 amide bonds. The number of hydrogen-bond acceptors (Lipinski definition) is 4. The van der Waals surface area contributed by atoms with Crippen molar-refractivity contribution in [3.8, 4) is 16.9 Å². The third-order valence-electron chi connectivity index (χ3n) is 5.91. The molecule has 1 aliphatic rings. The van der Waals surface area contributed by atoms with Gasteiger partial charge in [0.15, 0.2) is 0 Å². The van der Waals surface area contributed by atoms with Gasteiger partial charge in [-0.15, -0.1) is 5.10 Å². The van der Waals surface area contributed by atoms with E-state index in [1.54, 1.807) is 18.6 Å². The Kier molecular flexibility index (Phi) is 5.84. The molecule has 4 aromatic rings. The van der Waals surface area contributed by atoms with Crippen LogP contribution < -0.4 is 4.90 Å². The lowest BCUT2D eigenvalue weighted by Crippen LogP contribution is -2.42. The Morgan fingerprint density at radius 3 is 2.57 bits per heavy atom. The Morgan fingerprint density at radius 2 is 1.89 bits per heavy atom. The van der Waals surface area contributed by atoms with Gasteiger partial charge < -0.3 is 9.47 Å². The summed E-state index contributed by atoms with van der Waals surface area (Å²) < 4.78 is 43.3. The summed E-state index contributed by atoms with van der Waals surface area (Å²) in [6, 6.07) is 11.1. The lowest BCUT2D eigenvalue weighted by Gasteiger charge is -2.26. The molecule has 0 radical (unpaired) electrons. The van der Waals surface area contributed by atoms with E-state index in [0.717, 1.165) is 21.8 Å². The van der Waals surface area contributed by atoms with Crippen LogP contribution in [0.4, 0.5) is 18.9 Å². The first-order chi connectivity index (χ1) is 16.7. The molecule has 0 saturated carbocycles. The van der Waals surface area contributed by atoms with Gasteiger partial charge in [0, 0.05) is 28.2 Å². The summed E-state index contributed by atoms with van der Waals surface area (Å²) in [6.45, 7) is 0.509. The summed E-state index contributed by atoms with van der Waals surface area (Å²) in [5.74, 6) is -0.689. The number of rotatable bonds is 4. The van der Waals surface area contributed by atoms with Crippen LogP contribution >= 0.6 is 11.6 Å². The summed E-state index contributed by atoms with van der Waals surface area (Å²) in [4.78, 5) is 18.3. The van der Waals surface area contributed by atoms with Gasteiger partial charge >= 0.3 is 6.18 Å². The molecule has 1 aliphatic heterocycles. The van der Waals surface area contributed by atoms with Crippen molar-refractivity contribution in [2.75, 3.05) is 11.4 Å². The predicted octanol–water partition coefficient (Wildman–Crippen LogP) is 5.18. The minimum Gasteiger partial charge on any atom is -0.306 e. The van der Waals surface area contributed by atoms with E-state index in [9.17, 15) is 18.0 Å². The minimum atomic E-state index is -4.56. The van der Waals surface area contributed by atoms with E-state index in [1.165, 1.54) is 16.8 Å². The third kappa shape index (κ3) is 4.79. The molecule has 35 heavy (non-hydrogen) atoms. The number of carbonyl (C=O) groups excluding carboxylic acids is 1. The number of amides is 1. The second-order valence-corrected chi connectivity index (χ2v) is 8.86. The normalized spacial score (nSPS) is 16.3. The highest BCUT2D eigenvalue weighted by molar-refractivity contribution is 6.30. The maximum Gasteiger partial charge on any atom is 0.406 e. The standard InChI is InChI=1S/C24H20ClF3N6O/c1-15-11-32(14-29-15)19-6-2-16(3-7-19)20-12-34(31-30-20)22-8-4-17-10-18(25)5-9-21(17)33(23(22)35)13-24(26,27)28/h2-3,5-7,9-12,14,22H,4,8,13H2,1H3/t22-/m1/s1. The second-order valence-electron chi connectivity index (χ2n) is 8.42. The first kappa shape index (κ1) is 23.1. The van der Waals surface area contributed by atoms with E-state index in [1.807, 2.05) is 42.0 Å². The number of nitrogens with zero attached hydrogens (tertiary/aromatic N) is 6. The Morgan fingerprint density at radius 1 is 1.11 bits per heavy atom. The van der Waals surface area contributed by atoms with E-state index in [4.69, 9.17) is 11.6 Å². The van der Waals surface area contributed by atoms with Gasteiger partial charge in [0.25, 0.3) is 5.91 Å². The monoisotopic (exact) mass is 500 g/mol. The van der Waals surface area contributed by atoms with E-state index in [0.29, 0.717) is 22.7 Å². The maximum atomic E-state index is 13.4. The molecular formula is C24H20ClF3N6O. The fourth-order valence-electron chi connectivity index (χ4n) is 4.25. The van der Waals surface area contributed by atoms with Crippen molar-refractivity contribution >= 4 is 23.2 Å². The topological polar surface area (TPSA) is 68.8 Å². The Bertz CT molecular complexity index is 1380. The van der Waals surface area contributed by atoms with Crippen molar-refractivity contribution in [3.63, 3.8) is 0 Å². The van der Waals surface area contributed by atoms with Crippen LogP contribution in [0.5, 0.6) is 0 Å². The SMILES string of the molecule is Cc1cn(-c2ccc(-c3cn([C@@H]4CCc5cc(Cl)ccc5N(CC(F)(F)F)C4=O)nn3)cc2)cn1. The van der Waals surface area contributed by atoms with Gasteiger partial charge in [0.05, 0.1) is 18.2 Å². The number of aromatic nitrogens is 5. The van der Waals surface area contributed by atoms with E-state index in [-0.39, 0.29) is 12.1 Å². The lowest BCUT2D eigenvalue weighted by atomic mass is 10.1. The van der Waals surface area contributed by atoms with Gasteiger partial charge in [0.2, 0.25) is 0 Å². The molecule has 0 saturated heterocycles. The molecule has 2 aromatic carbocycles. The third-order valence-corrected chi connectivity index (χ3v) is 6.15. The van der Waals surface area contributed by atoms with Crippen LogP contribution in [-0.2, 0) is 11.2 Å². The second kappa shape index (κ2) is 8.84. The average molecular weight is 501 g/mol. The number of benzene rings is 2. The average Bonchev–Trinajstić information content (AvgIpc) is 3.44. The number of alkyl halides is 3. The van der Waals surface area contributed by atoms with E-state index >= 15 is 0 Å². The number of carbonyl (C=O) groups is 1. The van der Waals surface area contributed by atoms with Gasteiger partial charge in [-0.3, -0.25) is 4.79 Å². The van der Waals surface area contributed by atoms with Crippen molar-refractivity contribution in [1.29, 1.82) is 0 Å². The highest BCUT2D eigenvalue weighted by atomic mass is 35.5. The highest BCUT2D eigenvalue weighted by Crippen LogP contribution is 2.35. The molecule has 0 spiro atoms. The molecule has 0 bridgehead atoms. The molecule has 7 nitrogen and oxygen atoms in total. The lowest BCUT2D eigenvalue weighted by molar-refractivity contribution is -0.134. The quantitative estimate of drug-likeness (QED) is 0.387. The number of hydrogen-bond donors (Lipinski definition) is 0. The van der Waals surface area contributed by atoms with Crippen LogP contribution in [0.25, 0.3) is 16.9 Å². The van der Waals surface area contributed by atoms with Gasteiger partial charge in [-0.2, -0.15) is 13.2 Å². The summed E-state index contributed by atoms with van der Waals surface area (Å²) >= 11 is 6.06. The fraction of sp³-hybridized carbons (Fsp3) is 0.250. The molecule has 11 heteroatoms. The smallest absolute Gasteiger partial charge is 0.306 e. The van der Waals surface area contributed by atoms with Crippen LogP contribution in [0.15, 0.2) is 61.2 Å². The number of imidazole rings is 1. The molecule has 0 unspecified atom stereocenters. The molecule has 5 rings (SSSR count). The highest BCUT2D eigenvalue weighted by Gasteiger charge is 2.39. The largest absolute Gasteiger partial charge is 0.406 e. The molecule has 3 heterocycles. The summed E-state index contributed by atoms with van der Waals surface area (Å²) in [7, 11) is 0. The minimum absolute atomic E-state index is 0.213. The van der Waals surface area contributed by atoms with Crippen LogP contribution in [0.2, 0.25) is 5.02 Å². The predicted molar refractivity (Wildman–Crippen MR) is 125 cm³/mol. The molecule has 0 aliphatic carbocycles. The summed E-state index contributed by atoms with van der Waals surface area (Å²) in [5.41, 5.74) is 3.89. The van der Waals surface area contributed by atoms with Gasteiger partial charge in [-0.1, -0.05) is 28.9 Å². The van der Waals surface area contributed by atoms with Gasteiger partial charge in [0.1, 0.15) is 18.3 Å². The van der Waals surface area contributed by atoms with Crippen molar-refractivity contribution in [2.24, 2.45) is 0 Å². The molecule has 1 atom stereocenters. The zero-order chi connectivity index (χ0) is 24.7.